The minimum Gasteiger partial charge on any atom is -1.00 e. The summed E-state index contributed by atoms with van der Waals surface area (Å²) in [5.74, 6) is 0. The minimum absolute atomic E-state index is 0. The van der Waals surface area contributed by atoms with E-state index in [-0.39, 0.29) is 61.3 Å². The van der Waals surface area contributed by atoms with Gasteiger partial charge in [-0.2, -0.15) is 0 Å². The summed E-state index contributed by atoms with van der Waals surface area (Å²) in [6.07, 6.45) is 11.1. The van der Waals surface area contributed by atoms with Crippen LogP contribution in [0.25, 0.3) is 0 Å². The number of unbranched alkanes of at least 4 members (excludes halogenated alkanes) is 4. The van der Waals surface area contributed by atoms with Gasteiger partial charge in [0.25, 0.3) is 0 Å². The third-order valence-electron chi connectivity index (χ3n) is 3.94. The fourth-order valence-electron chi connectivity index (χ4n) is 2.64. The third-order valence-corrected chi connectivity index (χ3v) is 3.94. The summed E-state index contributed by atoms with van der Waals surface area (Å²) in [4.78, 5) is 0. The minimum atomic E-state index is 0. The molecule has 0 aliphatic rings. The number of rotatable bonds is 12. The SMILES string of the molecule is CCCC[N+](CCCC)(CCCC)CCCC.[Br-].[Cl-].[Cl-].[Zn+2]. The van der Waals surface area contributed by atoms with E-state index in [1.807, 2.05) is 0 Å². The van der Waals surface area contributed by atoms with Crippen LogP contribution in [0.1, 0.15) is 79.1 Å². The van der Waals surface area contributed by atoms with Crippen molar-refractivity contribution in [1.82, 2.24) is 0 Å². The molecular weight excluding hydrogens is 422 g/mol. The third kappa shape index (κ3) is 17.8. The molecule has 0 aliphatic heterocycles. The summed E-state index contributed by atoms with van der Waals surface area (Å²) in [5, 5.41) is 0. The molecule has 0 rings (SSSR count). The van der Waals surface area contributed by atoms with Gasteiger partial charge in [0.05, 0.1) is 26.2 Å². The Bertz CT molecular complexity index is 137. The number of quaternary nitrogens is 1. The van der Waals surface area contributed by atoms with E-state index in [2.05, 4.69) is 27.7 Å². The van der Waals surface area contributed by atoms with Crippen LogP contribution in [0.5, 0.6) is 0 Å². The molecular formula is C16H36BrCl2NZn. The van der Waals surface area contributed by atoms with Crippen molar-refractivity contribution in [2.75, 3.05) is 26.2 Å². The Labute approximate surface area is 170 Å². The Morgan fingerprint density at radius 2 is 0.714 bits per heavy atom. The Hall–Kier alpha value is 1.64. The molecule has 0 amide bonds. The van der Waals surface area contributed by atoms with Crippen molar-refractivity contribution < 1.29 is 65.8 Å². The van der Waals surface area contributed by atoms with Gasteiger partial charge in [-0.25, -0.2) is 0 Å². The molecule has 21 heavy (non-hydrogen) atoms. The average molecular weight is 459 g/mol. The van der Waals surface area contributed by atoms with Crippen molar-refractivity contribution in [2.45, 2.75) is 79.1 Å². The summed E-state index contributed by atoms with van der Waals surface area (Å²) in [7, 11) is 0. The number of hydrogen-bond acceptors (Lipinski definition) is 0. The standard InChI is InChI=1S/C16H36N.BrH.2ClH.Zn/c1-5-9-13-17(14-10-6-2,15-11-7-3)16-12-8-4;;;;/h5-16H2,1-4H3;3*1H;/q+1;;;;+2/p-3. The van der Waals surface area contributed by atoms with E-state index >= 15 is 0 Å². The molecule has 0 spiro atoms. The van der Waals surface area contributed by atoms with Crippen molar-refractivity contribution in [1.29, 1.82) is 0 Å². The molecule has 0 saturated carbocycles. The van der Waals surface area contributed by atoms with Crippen molar-refractivity contribution in [3.05, 3.63) is 0 Å². The average Bonchev–Trinajstić information content (AvgIpc) is 2.37. The second-order valence-corrected chi connectivity index (χ2v) is 5.65. The van der Waals surface area contributed by atoms with E-state index in [4.69, 9.17) is 0 Å². The van der Waals surface area contributed by atoms with E-state index in [1.54, 1.807) is 0 Å². The van der Waals surface area contributed by atoms with Gasteiger partial charge in [-0.05, 0) is 25.7 Å². The maximum absolute atomic E-state index is 2.33. The number of hydrogen-bond donors (Lipinski definition) is 0. The van der Waals surface area contributed by atoms with Gasteiger partial charge >= 0.3 is 19.5 Å². The zero-order chi connectivity index (χ0) is 13.0. The maximum Gasteiger partial charge on any atom is 2.00 e. The normalized spacial score (nSPS) is 9.71. The van der Waals surface area contributed by atoms with Crippen molar-refractivity contribution in [2.24, 2.45) is 0 Å². The summed E-state index contributed by atoms with van der Waals surface area (Å²) < 4.78 is 1.42. The van der Waals surface area contributed by atoms with Crippen LogP contribution >= 0.6 is 0 Å². The first kappa shape index (κ1) is 34.1. The molecule has 0 aromatic heterocycles. The predicted molar refractivity (Wildman–Crippen MR) is 79.4 cm³/mol. The molecule has 0 saturated heterocycles. The monoisotopic (exact) mass is 455 g/mol. The van der Waals surface area contributed by atoms with E-state index in [9.17, 15) is 0 Å². The Balaban J connectivity index is -0.000000213. The first-order chi connectivity index (χ1) is 8.24. The second kappa shape index (κ2) is 23.9. The summed E-state index contributed by atoms with van der Waals surface area (Å²) >= 11 is 0. The van der Waals surface area contributed by atoms with Crippen LogP contribution in [0.4, 0.5) is 0 Å². The molecule has 0 bridgehead atoms. The fraction of sp³-hybridized carbons (Fsp3) is 1.00. The molecule has 0 aromatic rings. The number of halogens is 3. The van der Waals surface area contributed by atoms with Gasteiger partial charge in [0.2, 0.25) is 0 Å². The molecule has 0 N–H and O–H groups in total. The molecule has 0 fully saturated rings. The first-order valence-corrected chi connectivity index (χ1v) is 8.09. The van der Waals surface area contributed by atoms with Gasteiger partial charge in [0.15, 0.2) is 0 Å². The maximum atomic E-state index is 2.33. The van der Waals surface area contributed by atoms with E-state index in [0.717, 1.165) is 0 Å². The molecule has 0 aliphatic carbocycles. The van der Waals surface area contributed by atoms with Crippen LogP contribution < -0.4 is 41.8 Å². The van der Waals surface area contributed by atoms with Crippen LogP contribution in [0.2, 0.25) is 0 Å². The van der Waals surface area contributed by atoms with E-state index in [1.165, 1.54) is 82.0 Å². The van der Waals surface area contributed by atoms with Gasteiger partial charge in [0, 0.05) is 0 Å². The zero-order valence-electron chi connectivity index (χ0n) is 14.8. The van der Waals surface area contributed by atoms with Gasteiger partial charge in [-0.1, -0.05) is 53.4 Å². The van der Waals surface area contributed by atoms with E-state index < -0.39 is 0 Å². The molecule has 0 heterocycles. The van der Waals surface area contributed by atoms with Crippen LogP contribution in [-0.2, 0) is 19.5 Å². The van der Waals surface area contributed by atoms with E-state index in [0.29, 0.717) is 0 Å². The molecule has 128 valence electrons. The molecule has 0 aromatic carbocycles. The van der Waals surface area contributed by atoms with Gasteiger partial charge in [0.1, 0.15) is 0 Å². The molecule has 1 nitrogen and oxygen atoms in total. The number of nitrogens with zero attached hydrogens (tertiary/aromatic N) is 1. The van der Waals surface area contributed by atoms with Crippen LogP contribution in [0.3, 0.4) is 0 Å². The summed E-state index contributed by atoms with van der Waals surface area (Å²) in [5.41, 5.74) is 0. The van der Waals surface area contributed by atoms with Crippen molar-refractivity contribution >= 4 is 0 Å². The molecule has 0 unspecified atom stereocenters. The smallest absolute Gasteiger partial charge is 1.00 e. The second-order valence-electron chi connectivity index (χ2n) is 5.65. The topological polar surface area (TPSA) is 0 Å². The van der Waals surface area contributed by atoms with Gasteiger partial charge in [-0.3, -0.25) is 0 Å². The predicted octanol–water partition coefficient (Wildman–Crippen LogP) is -3.99. The fourth-order valence-corrected chi connectivity index (χ4v) is 2.64. The Morgan fingerprint density at radius 3 is 0.857 bits per heavy atom. The van der Waals surface area contributed by atoms with Crippen LogP contribution in [0.15, 0.2) is 0 Å². The Kier molecular flexibility index (Phi) is 38.8. The largest absolute Gasteiger partial charge is 2.00 e. The molecule has 0 radical (unpaired) electrons. The summed E-state index contributed by atoms with van der Waals surface area (Å²) in [6.45, 7) is 15.0. The van der Waals surface area contributed by atoms with Crippen molar-refractivity contribution in [3.8, 4) is 0 Å². The van der Waals surface area contributed by atoms with Crippen LogP contribution in [0, 0.1) is 0 Å². The quantitative estimate of drug-likeness (QED) is 0.207. The molecule has 5 heteroatoms. The van der Waals surface area contributed by atoms with Gasteiger partial charge in [-0.15, -0.1) is 0 Å². The van der Waals surface area contributed by atoms with Crippen molar-refractivity contribution in [3.63, 3.8) is 0 Å². The first-order valence-electron chi connectivity index (χ1n) is 8.09. The summed E-state index contributed by atoms with van der Waals surface area (Å²) in [6, 6.07) is 0. The zero-order valence-corrected chi connectivity index (χ0v) is 20.8. The Morgan fingerprint density at radius 1 is 0.524 bits per heavy atom. The van der Waals surface area contributed by atoms with Crippen LogP contribution in [-0.4, -0.2) is 30.7 Å². The molecule has 0 atom stereocenters. The van der Waals surface area contributed by atoms with Gasteiger partial charge < -0.3 is 46.3 Å².